The van der Waals surface area contributed by atoms with Gasteiger partial charge in [0, 0.05) is 12.6 Å². The molecule has 2 heterocycles. The molecule has 1 amide bonds. The highest BCUT2D eigenvalue weighted by molar-refractivity contribution is 5.92. The molecule has 1 fully saturated rings. The van der Waals surface area contributed by atoms with Crippen molar-refractivity contribution in [3.05, 3.63) is 24.4 Å². The largest absolute Gasteiger partial charge is 0.452 e. The fourth-order valence-electron chi connectivity index (χ4n) is 1.73. The van der Waals surface area contributed by atoms with Crippen LogP contribution in [0.3, 0.4) is 0 Å². The van der Waals surface area contributed by atoms with E-state index < -0.39 is 0 Å². The number of hydrogen-bond acceptors (Lipinski definition) is 3. The number of carbonyl (C=O) groups excluding carboxylic acids is 2. The van der Waals surface area contributed by atoms with Crippen molar-refractivity contribution in [1.29, 1.82) is 0 Å². The number of amides is 1. The fraction of sp³-hybridized carbons (Fsp3) is 0.400. The molecule has 0 aliphatic carbocycles. The molecule has 74 valence electrons. The smallest absolute Gasteiger partial charge is 0.333 e. The molecule has 0 unspecified atom stereocenters. The van der Waals surface area contributed by atoms with Gasteiger partial charge in [-0.2, -0.15) is 0 Å². The van der Waals surface area contributed by atoms with Gasteiger partial charge in [-0.1, -0.05) is 6.08 Å². The Bertz CT molecular complexity index is 332. The highest BCUT2D eigenvalue weighted by atomic mass is 16.5. The maximum Gasteiger partial charge on any atom is 0.333 e. The highest BCUT2D eigenvalue weighted by Gasteiger charge is 2.40. The third kappa shape index (κ3) is 1.32. The predicted octanol–water partition coefficient (Wildman–Crippen LogP) is 0.604. The first kappa shape index (κ1) is 8.99. The van der Waals surface area contributed by atoms with Gasteiger partial charge < -0.3 is 9.64 Å². The van der Waals surface area contributed by atoms with E-state index in [2.05, 4.69) is 6.58 Å². The van der Waals surface area contributed by atoms with Crippen LogP contribution in [0.4, 0.5) is 0 Å². The van der Waals surface area contributed by atoms with Crippen molar-refractivity contribution in [2.45, 2.75) is 18.9 Å². The summed E-state index contributed by atoms with van der Waals surface area (Å²) in [5, 5.41) is 0. The van der Waals surface area contributed by atoms with E-state index in [0.29, 0.717) is 12.2 Å². The molecule has 14 heavy (non-hydrogen) atoms. The molecule has 1 saturated heterocycles. The summed E-state index contributed by atoms with van der Waals surface area (Å²) in [7, 11) is 0. The Labute approximate surface area is 81.8 Å². The van der Waals surface area contributed by atoms with Gasteiger partial charge in [0.2, 0.25) is 5.91 Å². The quantitative estimate of drug-likeness (QED) is 0.487. The molecule has 2 aliphatic heterocycles. The van der Waals surface area contributed by atoms with Crippen LogP contribution in [0, 0.1) is 0 Å². The van der Waals surface area contributed by atoms with Crippen molar-refractivity contribution in [2.75, 3.05) is 6.54 Å². The Morgan fingerprint density at radius 3 is 3.14 bits per heavy atom. The third-order valence-corrected chi connectivity index (χ3v) is 2.38. The second-order valence-corrected chi connectivity index (χ2v) is 3.32. The standard InChI is InChI=1S/C10H11NO3/c1-2-3-4-11-7-5-10(13)14-8(7)6-9(11)12/h2,5,8H,1,3-4,6H2/t8-/m0/s1. The van der Waals surface area contributed by atoms with Crippen molar-refractivity contribution < 1.29 is 14.3 Å². The molecule has 0 N–H and O–H groups in total. The molecular weight excluding hydrogens is 182 g/mol. The molecule has 2 rings (SSSR count). The molecule has 2 aliphatic rings. The molecule has 1 atom stereocenters. The molecule has 0 bridgehead atoms. The summed E-state index contributed by atoms with van der Waals surface area (Å²) in [6.45, 7) is 4.18. The number of likely N-dealkylation sites (tertiary alicyclic amines) is 1. The van der Waals surface area contributed by atoms with E-state index >= 15 is 0 Å². The lowest BCUT2D eigenvalue weighted by atomic mass is 10.2. The Balaban J connectivity index is 2.14. The lowest BCUT2D eigenvalue weighted by Gasteiger charge is -2.15. The summed E-state index contributed by atoms with van der Waals surface area (Å²) in [5.74, 6) is -0.322. The molecule has 4 nitrogen and oxygen atoms in total. The summed E-state index contributed by atoms with van der Waals surface area (Å²) >= 11 is 0. The van der Waals surface area contributed by atoms with E-state index in [4.69, 9.17) is 4.74 Å². The Hall–Kier alpha value is -1.58. The number of nitrogens with zero attached hydrogens (tertiary/aromatic N) is 1. The van der Waals surface area contributed by atoms with Gasteiger partial charge in [0.05, 0.1) is 12.1 Å². The summed E-state index contributed by atoms with van der Waals surface area (Å²) in [5.41, 5.74) is 0.710. The van der Waals surface area contributed by atoms with Gasteiger partial charge in [-0.25, -0.2) is 4.79 Å². The summed E-state index contributed by atoms with van der Waals surface area (Å²) in [6, 6.07) is 0. The number of ether oxygens (including phenoxy) is 1. The van der Waals surface area contributed by atoms with E-state index in [-0.39, 0.29) is 24.4 Å². The number of rotatable bonds is 3. The fourth-order valence-corrected chi connectivity index (χ4v) is 1.73. The third-order valence-electron chi connectivity index (χ3n) is 2.38. The number of fused-ring (bicyclic) bond motifs is 1. The minimum atomic E-state index is -0.346. The van der Waals surface area contributed by atoms with Crippen molar-refractivity contribution in [2.24, 2.45) is 0 Å². The Morgan fingerprint density at radius 2 is 2.43 bits per heavy atom. The van der Waals surface area contributed by atoms with Crippen LogP contribution in [0.5, 0.6) is 0 Å². The number of esters is 1. The van der Waals surface area contributed by atoms with Crippen molar-refractivity contribution in [3.63, 3.8) is 0 Å². The van der Waals surface area contributed by atoms with Gasteiger partial charge in [0.1, 0.15) is 0 Å². The first-order valence-corrected chi connectivity index (χ1v) is 4.56. The zero-order chi connectivity index (χ0) is 10.1. The zero-order valence-electron chi connectivity index (χ0n) is 7.73. The predicted molar refractivity (Wildman–Crippen MR) is 49.1 cm³/mol. The zero-order valence-corrected chi connectivity index (χ0v) is 7.73. The van der Waals surface area contributed by atoms with Crippen LogP contribution in [0.2, 0.25) is 0 Å². The maximum atomic E-state index is 11.5. The van der Waals surface area contributed by atoms with Gasteiger partial charge in [0.15, 0.2) is 6.10 Å². The van der Waals surface area contributed by atoms with Gasteiger partial charge in [-0.05, 0) is 6.42 Å². The summed E-state index contributed by atoms with van der Waals surface area (Å²) in [4.78, 5) is 24.0. The lowest BCUT2D eigenvalue weighted by molar-refractivity contribution is -0.139. The summed E-state index contributed by atoms with van der Waals surface area (Å²) in [6.07, 6.45) is 3.83. The monoisotopic (exact) mass is 193 g/mol. The van der Waals surface area contributed by atoms with E-state index in [1.54, 1.807) is 11.0 Å². The minimum Gasteiger partial charge on any atom is -0.452 e. The van der Waals surface area contributed by atoms with Crippen LogP contribution in [-0.4, -0.2) is 29.4 Å². The molecule has 0 spiro atoms. The van der Waals surface area contributed by atoms with Crippen molar-refractivity contribution in [1.82, 2.24) is 4.90 Å². The SMILES string of the molecule is C=CCCN1C(=O)C[C@@H]2OC(=O)C=C21. The molecule has 0 aromatic carbocycles. The second-order valence-electron chi connectivity index (χ2n) is 3.32. The molecule has 0 aromatic rings. The van der Waals surface area contributed by atoms with E-state index in [0.717, 1.165) is 6.42 Å². The van der Waals surface area contributed by atoms with Gasteiger partial charge in [0.25, 0.3) is 0 Å². The van der Waals surface area contributed by atoms with Gasteiger partial charge >= 0.3 is 5.97 Å². The van der Waals surface area contributed by atoms with Crippen LogP contribution in [0.15, 0.2) is 24.4 Å². The van der Waals surface area contributed by atoms with Crippen LogP contribution < -0.4 is 0 Å². The second kappa shape index (κ2) is 3.29. The van der Waals surface area contributed by atoms with Crippen LogP contribution in [0.25, 0.3) is 0 Å². The van der Waals surface area contributed by atoms with E-state index in [1.807, 2.05) is 0 Å². The highest BCUT2D eigenvalue weighted by Crippen LogP contribution is 2.30. The summed E-state index contributed by atoms with van der Waals surface area (Å²) < 4.78 is 4.95. The van der Waals surface area contributed by atoms with Gasteiger partial charge in [-0.3, -0.25) is 4.79 Å². The normalized spacial score (nSPS) is 24.7. The van der Waals surface area contributed by atoms with Gasteiger partial charge in [-0.15, -0.1) is 6.58 Å². The van der Waals surface area contributed by atoms with Crippen LogP contribution >= 0.6 is 0 Å². The lowest BCUT2D eigenvalue weighted by Crippen LogP contribution is -2.24. The number of hydrogen-bond donors (Lipinski definition) is 0. The molecule has 0 radical (unpaired) electrons. The topological polar surface area (TPSA) is 46.6 Å². The first-order valence-electron chi connectivity index (χ1n) is 4.56. The van der Waals surface area contributed by atoms with Crippen molar-refractivity contribution >= 4 is 11.9 Å². The molecule has 4 heteroatoms. The molecule has 0 saturated carbocycles. The molecular formula is C10H11NO3. The Morgan fingerprint density at radius 1 is 1.64 bits per heavy atom. The molecule has 0 aromatic heterocycles. The first-order chi connectivity index (χ1) is 6.72. The van der Waals surface area contributed by atoms with Crippen LogP contribution in [0.1, 0.15) is 12.8 Å². The Kier molecular flexibility index (Phi) is 2.11. The number of carbonyl (C=O) groups is 2. The van der Waals surface area contributed by atoms with E-state index in [1.165, 1.54) is 6.08 Å². The van der Waals surface area contributed by atoms with Crippen LogP contribution in [-0.2, 0) is 14.3 Å². The maximum absolute atomic E-state index is 11.5. The average Bonchev–Trinajstić information content (AvgIpc) is 2.58. The average molecular weight is 193 g/mol. The minimum absolute atomic E-state index is 0.0237. The van der Waals surface area contributed by atoms with E-state index in [9.17, 15) is 9.59 Å². The van der Waals surface area contributed by atoms with Crippen molar-refractivity contribution in [3.8, 4) is 0 Å².